The Balaban J connectivity index is 1.73. The van der Waals surface area contributed by atoms with Crippen molar-refractivity contribution in [1.82, 2.24) is 4.90 Å². The van der Waals surface area contributed by atoms with Gasteiger partial charge < -0.3 is 19.3 Å². The highest BCUT2D eigenvalue weighted by atomic mass is 16.5. The summed E-state index contributed by atoms with van der Waals surface area (Å²) >= 11 is 0. The van der Waals surface area contributed by atoms with Gasteiger partial charge in [0.15, 0.2) is 0 Å². The quantitative estimate of drug-likeness (QED) is 0.347. The molecule has 1 aromatic carbocycles. The molecule has 4 atom stereocenters. The van der Waals surface area contributed by atoms with Gasteiger partial charge in [-0.2, -0.15) is 0 Å². The highest BCUT2D eigenvalue weighted by molar-refractivity contribution is 6.05. The molecule has 4 rings (SSSR count). The van der Waals surface area contributed by atoms with Crippen molar-refractivity contribution in [3.05, 3.63) is 48.3 Å². The molecule has 3 aliphatic heterocycles. The molecule has 160 valence electrons. The van der Waals surface area contributed by atoms with Gasteiger partial charge in [-0.3, -0.25) is 9.89 Å². The topological polar surface area (TPSA) is 80.6 Å². The molecule has 7 heteroatoms. The second-order valence-corrected chi connectivity index (χ2v) is 8.01. The number of rotatable bonds is 5. The van der Waals surface area contributed by atoms with E-state index >= 15 is 0 Å². The van der Waals surface area contributed by atoms with E-state index < -0.39 is 11.6 Å². The van der Waals surface area contributed by atoms with E-state index in [1.165, 1.54) is 20.5 Å². The van der Waals surface area contributed by atoms with Crippen LogP contribution in [-0.4, -0.2) is 62.1 Å². The minimum Gasteiger partial charge on any atom is -0.504 e. The van der Waals surface area contributed by atoms with Gasteiger partial charge in [0.05, 0.1) is 56.2 Å². The molecule has 2 fully saturated rings. The molecule has 0 bridgehead atoms. The molecule has 0 aliphatic carbocycles. The maximum atomic E-state index is 12.5. The predicted molar refractivity (Wildman–Crippen MR) is 113 cm³/mol. The lowest BCUT2D eigenvalue weighted by molar-refractivity contribution is -0.137. The fourth-order valence-electron chi connectivity index (χ4n) is 5.21. The van der Waals surface area contributed by atoms with E-state index in [1.54, 1.807) is 7.11 Å². The Bertz CT molecular complexity index is 924. The van der Waals surface area contributed by atoms with Crippen LogP contribution in [0.4, 0.5) is 5.69 Å². The van der Waals surface area contributed by atoms with Crippen LogP contribution in [0.25, 0.3) is 0 Å². The van der Waals surface area contributed by atoms with Crippen molar-refractivity contribution in [2.45, 2.75) is 24.5 Å². The summed E-state index contributed by atoms with van der Waals surface area (Å²) in [4.78, 5) is 19.6. The summed E-state index contributed by atoms with van der Waals surface area (Å²) in [6.45, 7) is 5.43. The van der Waals surface area contributed by atoms with Gasteiger partial charge in [0.25, 0.3) is 0 Å². The van der Waals surface area contributed by atoms with Gasteiger partial charge >= 0.3 is 5.97 Å². The van der Waals surface area contributed by atoms with Crippen molar-refractivity contribution in [3.63, 3.8) is 0 Å². The van der Waals surface area contributed by atoms with Crippen molar-refractivity contribution in [1.29, 1.82) is 0 Å². The molecule has 3 heterocycles. The Hall–Kier alpha value is -2.64. The Morgan fingerprint density at radius 3 is 2.83 bits per heavy atom. The molecule has 30 heavy (non-hydrogen) atoms. The van der Waals surface area contributed by atoms with E-state index in [0.717, 1.165) is 30.1 Å². The van der Waals surface area contributed by atoms with Crippen LogP contribution in [0, 0.1) is 11.8 Å². The maximum Gasteiger partial charge on any atom is 0.337 e. The van der Waals surface area contributed by atoms with Gasteiger partial charge in [-0.15, -0.1) is 6.58 Å². The first-order valence-corrected chi connectivity index (χ1v) is 10.1. The normalized spacial score (nSPS) is 30.5. The number of esters is 1. The third-order valence-corrected chi connectivity index (χ3v) is 6.63. The van der Waals surface area contributed by atoms with Crippen LogP contribution in [0.2, 0.25) is 0 Å². The molecule has 0 saturated carbocycles. The Morgan fingerprint density at radius 1 is 1.37 bits per heavy atom. The summed E-state index contributed by atoms with van der Waals surface area (Å²) in [6, 6.07) is 5.54. The second-order valence-electron chi connectivity index (χ2n) is 8.01. The summed E-state index contributed by atoms with van der Waals surface area (Å²) in [7, 11) is 4.49. The maximum absolute atomic E-state index is 12.5. The number of fused-ring (bicyclic) bond motifs is 5. The number of nitrogens with zero attached hydrogens (tertiary/aromatic N) is 2. The minimum atomic E-state index is -1.16. The van der Waals surface area contributed by atoms with Crippen LogP contribution in [0.15, 0.2) is 47.7 Å². The van der Waals surface area contributed by atoms with E-state index in [9.17, 15) is 9.90 Å². The zero-order valence-electron chi connectivity index (χ0n) is 17.6. The van der Waals surface area contributed by atoms with Crippen LogP contribution in [0.5, 0.6) is 5.75 Å². The van der Waals surface area contributed by atoms with Gasteiger partial charge in [-0.25, -0.2) is 4.79 Å². The number of hydrogen-bond acceptors (Lipinski definition) is 7. The van der Waals surface area contributed by atoms with Crippen LogP contribution in [0.3, 0.4) is 0 Å². The van der Waals surface area contributed by atoms with E-state index in [0.29, 0.717) is 24.2 Å². The Morgan fingerprint density at radius 2 is 2.17 bits per heavy atom. The summed E-state index contributed by atoms with van der Waals surface area (Å²) in [5.41, 5.74) is 1.53. The van der Waals surface area contributed by atoms with E-state index in [2.05, 4.69) is 11.5 Å². The number of benzene rings is 1. The lowest BCUT2D eigenvalue weighted by Crippen LogP contribution is -2.60. The molecule has 0 unspecified atom stereocenters. The Kier molecular flexibility index (Phi) is 5.42. The lowest BCUT2D eigenvalue weighted by atomic mass is 9.71. The van der Waals surface area contributed by atoms with Crippen LogP contribution in [0.1, 0.15) is 18.4 Å². The van der Waals surface area contributed by atoms with Crippen LogP contribution >= 0.6 is 0 Å². The van der Waals surface area contributed by atoms with Gasteiger partial charge in [-0.1, -0.05) is 12.1 Å². The first kappa shape index (κ1) is 20.6. The molecule has 1 aromatic rings. The number of aliphatic imine (C=N–C) groups is 1. The first-order chi connectivity index (χ1) is 14.5. The monoisotopic (exact) mass is 412 g/mol. The third-order valence-electron chi connectivity index (χ3n) is 6.63. The molecule has 3 aliphatic rings. The number of carbonyl (C=O) groups is 1. The fourth-order valence-corrected chi connectivity index (χ4v) is 5.21. The molecule has 7 nitrogen and oxygen atoms in total. The fraction of sp³-hybridized carbons (Fsp3) is 0.478. The standard InChI is InChI=1S/C23H28N2O5/c1-5-14-12-25-10-9-23(27)20-17(7-6-8-19(20)29-3)24-21(23)18(25)11-15(14)16(13-28-2)22(26)30-4/h5-8,13-15,18,27H,1,9-12H2,2-4H3/t14-,15-,18+,23+/m0/s1. The molecule has 0 spiro atoms. The van der Waals surface area contributed by atoms with Crippen molar-refractivity contribution >= 4 is 17.4 Å². The number of aliphatic hydroxyl groups is 1. The first-order valence-electron chi connectivity index (χ1n) is 10.1. The summed E-state index contributed by atoms with van der Waals surface area (Å²) < 4.78 is 15.7. The smallest absolute Gasteiger partial charge is 0.337 e. The summed E-state index contributed by atoms with van der Waals surface area (Å²) in [5, 5.41) is 11.7. The molecule has 0 aromatic heterocycles. The molecular formula is C23H28N2O5. The number of carbonyl (C=O) groups excluding carboxylic acids is 1. The highest BCUT2D eigenvalue weighted by Gasteiger charge is 2.54. The predicted octanol–water partition coefficient (Wildman–Crippen LogP) is 2.57. The molecule has 0 radical (unpaired) electrons. The van der Waals surface area contributed by atoms with Gasteiger partial charge in [0.2, 0.25) is 0 Å². The minimum absolute atomic E-state index is 0.0619. The molecule has 0 amide bonds. The zero-order valence-corrected chi connectivity index (χ0v) is 17.6. The largest absolute Gasteiger partial charge is 0.504 e. The number of ether oxygens (including phenoxy) is 3. The van der Waals surface area contributed by atoms with Gasteiger partial charge in [0.1, 0.15) is 11.4 Å². The number of hydrogen-bond donors (Lipinski definition) is 1. The van der Waals surface area contributed by atoms with E-state index in [1.807, 2.05) is 24.3 Å². The molecule has 1 N–H and O–H groups in total. The van der Waals surface area contributed by atoms with Crippen molar-refractivity contribution in [3.8, 4) is 5.75 Å². The number of piperidine rings is 2. The third kappa shape index (κ3) is 3.04. The van der Waals surface area contributed by atoms with Crippen LogP contribution < -0.4 is 4.74 Å². The van der Waals surface area contributed by atoms with E-state index in [-0.39, 0.29) is 17.9 Å². The van der Waals surface area contributed by atoms with E-state index in [4.69, 9.17) is 19.2 Å². The SMILES string of the molecule is C=C[C@H]1CN2CC[C@]3(O)C(=Nc4cccc(OC)c43)[C@H]2C[C@@H]1C(=COC)C(=O)OC. The summed E-state index contributed by atoms with van der Waals surface area (Å²) in [6.07, 6.45) is 4.51. The van der Waals surface area contributed by atoms with Gasteiger partial charge in [0, 0.05) is 19.0 Å². The average molecular weight is 412 g/mol. The zero-order chi connectivity index (χ0) is 21.5. The lowest BCUT2D eigenvalue weighted by Gasteiger charge is -2.49. The Labute approximate surface area is 176 Å². The number of methoxy groups -OCH3 is 3. The van der Waals surface area contributed by atoms with Crippen LogP contribution in [-0.2, 0) is 19.9 Å². The average Bonchev–Trinajstić information content (AvgIpc) is 3.09. The summed E-state index contributed by atoms with van der Waals surface area (Å²) in [5.74, 6) is 0.151. The van der Waals surface area contributed by atoms with Crippen molar-refractivity contribution in [2.75, 3.05) is 34.4 Å². The second kappa shape index (κ2) is 7.89. The highest BCUT2D eigenvalue weighted by Crippen LogP contribution is 2.51. The van der Waals surface area contributed by atoms with Crippen molar-refractivity contribution < 1.29 is 24.1 Å². The van der Waals surface area contributed by atoms with Gasteiger partial charge in [-0.05, 0) is 30.9 Å². The van der Waals surface area contributed by atoms with Crippen molar-refractivity contribution in [2.24, 2.45) is 16.8 Å². The molecular weight excluding hydrogens is 384 g/mol. The molecule has 2 saturated heterocycles.